The zero-order valence-corrected chi connectivity index (χ0v) is 17.9. The summed E-state index contributed by atoms with van der Waals surface area (Å²) in [4.78, 5) is 0. The van der Waals surface area contributed by atoms with Crippen molar-refractivity contribution in [3.8, 4) is 17.6 Å². The van der Waals surface area contributed by atoms with Gasteiger partial charge in [0, 0.05) is 11.6 Å². The number of anilines is 1. The number of benzene rings is 1. The Labute approximate surface area is 180 Å². The Morgan fingerprint density at radius 1 is 1.32 bits per heavy atom. The Hall–Kier alpha value is -3.34. The average Bonchev–Trinajstić information content (AvgIpc) is 3.22. The van der Waals surface area contributed by atoms with Gasteiger partial charge in [0.1, 0.15) is 11.9 Å². The monoisotopic (exact) mass is 428 g/mol. The minimum Gasteiger partial charge on any atom is -0.493 e. The van der Waals surface area contributed by atoms with E-state index in [0.717, 1.165) is 5.56 Å². The van der Waals surface area contributed by atoms with Crippen LogP contribution in [0.4, 0.5) is 14.6 Å². The molecule has 0 saturated carbocycles. The molecule has 164 valence electrons. The minimum absolute atomic E-state index is 0.172. The van der Waals surface area contributed by atoms with Gasteiger partial charge in [-0.3, -0.25) is 0 Å². The van der Waals surface area contributed by atoms with Gasteiger partial charge in [0.15, 0.2) is 11.5 Å². The van der Waals surface area contributed by atoms with Crippen molar-refractivity contribution in [2.75, 3.05) is 19.5 Å². The van der Waals surface area contributed by atoms with Crippen LogP contribution < -0.4 is 14.8 Å². The Balaban J connectivity index is 1.87. The Morgan fingerprint density at radius 3 is 2.68 bits per heavy atom. The molecule has 1 aromatic carbocycles. The lowest BCUT2D eigenvalue weighted by atomic mass is 9.97. The summed E-state index contributed by atoms with van der Waals surface area (Å²) in [5.74, 6) is 1.63. The minimum atomic E-state index is -2.57. The van der Waals surface area contributed by atoms with E-state index in [-0.39, 0.29) is 12.5 Å². The van der Waals surface area contributed by atoms with E-state index in [4.69, 9.17) is 14.7 Å². The van der Waals surface area contributed by atoms with Crippen molar-refractivity contribution in [2.24, 2.45) is 0 Å². The molecule has 3 rings (SSSR count). The molecule has 1 N–H and O–H groups in total. The fourth-order valence-electron chi connectivity index (χ4n) is 3.68. The van der Waals surface area contributed by atoms with E-state index < -0.39 is 12.5 Å². The highest BCUT2D eigenvalue weighted by Crippen LogP contribution is 2.41. The maximum atomic E-state index is 13.9. The topological polar surface area (TPSA) is 72.1 Å². The van der Waals surface area contributed by atoms with Crippen LogP contribution in [0.2, 0.25) is 0 Å². The van der Waals surface area contributed by atoms with Crippen molar-refractivity contribution in [1.82, 2.24) is 9.78 Å². The number of aromatic nitrogens is 2. The van der Waals surface area contributed by atoms with Gasteiger partial charge in [-0.2, -0.15) is 10.4 Å². The van der Waals surface area contributed by atoms with Crippen molar-refractivity contribution in [3.05, 3.63) is 53.8 Å². The number of allylic oxidation sites excluding steroid dienone is 3. The van der Waals surface area contributed by atoms with Gasteiger partial charge < -0.3 is 14.8 Å². The molecule has 8 heteroatoms. The van der Waals surface area contributed by atoms with Crippen LogP contribution in [0.15, 0.2) is 42.5 Å². The van der Waals surface area contributed by atoms with Crippen LogP contribution in [0.25, 0.3) is 5.57 Å². The second kappa shape index (κ2) is 9.65. The summed E-state index contributed by atoms with van der Waals surface area (Å²) < 4.78 is 39.8. The molecule has 0 amide bonds. The molecule has 0 radical (unpaired) electrons. The molecule has 6 nitrogen and oxygen atoms in total. The molecule has 0 bridgehead atoms. The number of hydrogen-bond donors (Lipinski definition) is 1. The maximum absolute atomic E-state index is 13.9. The van der Waals surface area contributed by atoms with Gasteiger partial charge in [-0.15, -0.1) is 0 Å². The highest BCUT2D eigenvalue weighted by Gasteiger charge is 2.35. The highest BCUT2D eigenvalue weighted by atomic mass is 19.3. The molecule has 1 aromatic heterocycles. The zero-order chi connectivity index (χ0) is 22.5. The summed E-state index contributed by atoms with van der Waals surface area (Å²) in [5.41, 5.74) is 2.73. The van der Waals surface area contributed by atoms with E-state index >= 15 is 0 Å². The third-order valence-electron chi connectivity index (χ3n) is 5.50. The quantitative estimate of drug-likeness (QED) is 0.560. The van der Waals surface area contributed by atoms with E-state index in [9.17, 15) is 8.78 Å². The number of nitriles is 1. The van der Waals surface area contributed by atoms with Gasteiger partial charge in [-0.05, 0) is 49.5 Å². The summed E-state index contributed by atoms with van der Waals surface area (Å²) in [6, 6.07) is 7.88. The Morgan fingerprint density at radius 2 is 2.06 bits per heavy atom. The van der Waals surface area contributed by atoms with Gasteiger partial charge in [0.25, 0.3) is 6.43 Å². The lowest BCUT2D eigenvalue weighted by molar-refractivity contribution is 0.0658. The number of nitrogens with one attached hydrogen (secondary N) is 1. The molecule has 0 fully saturated rings. The molecule has 2 unspecified atom stereocenters. The molecule has 31 heavy (non-hydrogen) atoms. The summed E-state index contributed by atoms with van der Waals surface area (Å²) in [7, 11) is 3.09. The van der Waals surface area contributed by atoms with Crippen LogP contribution in [0.3, 0.4) is 0 Å². The summed E-state index contributed by atoms with van der Waals surface area (Å²) in [6.45, 7) is 5.85. The molecule has 2 heterocycles. The molecule has 1 aliphatic heterocycles. The van der Waals surface area contributed by atoms with Gasteiger partial charge in [0.05, 0.1) is 32.0 Å². The van der Waals surface area contributed by atoms with E-state index in [1.54, 1.807) is 31.4 Å². The number of rotatable bonds is 8. The third-order valence-corrected chi connectivity index (χ3v) is 5.50. The number of fused-ring (bicyclic) bond motifs is 1. The number of nitrogens with zero attached hydrogens (tertiary/aromatic N) is 3. The number of hydrogen-bond acceptors (Lipinski definition) is 5. The summed E-state index contributed by atoms with van der Waals surface area (Å²) >= 11 is 0. The number of halogens is 2. The van der Waals surface area contributed by atoms with Gasteiger partial charge in [-0.25, -0.2) is 13.5 Å². The lowest BCUT2D eigenvalue weighted by Crippen LogP contribution is -2.30. The van der Waals surface area contributed by atoms with Crippen molar-refractivity contribution in [3.63, 3.8) is 0 Å². The van der Waals surface area contributed by atoms with E-state index in [1.165, 1.54) is 11.8 Å². The predicted octanol–water partition coefficient (Wildman–Crippen LogP) is 5.53. The normalized spacial score (nSPS) is 18.2. The van der Waals surface area contributed by atoms with Crippen molar-refractivity contribution < 1.29 is 18.3 Å². The van der Waals surface area contributed by atoms with Crippen LogP contribution in [0, 0.1) is 11.3 Å². The van der Waals surface area contributed by atoms with Crippen LogP contribution in [-0.2, 0) is 0 Å². The fourth-order valence-corrected chi connectivity index (χ4v) is 3.68. The van der Waals surface area contributed by atoms with Crippen LogP contribution in [0.1, 0.15) is 49.5 Å². The SMILES string of the molecule is C=C(CC/C(C#N)=C\C)c1cc2n(n1)C(C(F)F)CC(c1ccc(OC)c(OC)c1)N2. The molecule has 2 atom stereocenters. The molecule has 2 aromatic rings. The van der Waals surface area contributed by atoms with Gasteiger partial charge in [-0.1, -0.05) is 18.7 Å². The molecular formula is C23H26F2N4O2. The maximum Gasteiger partial charge on any atom is 0.260 e. The zero-order valence-electron chi connectivity index (χ0n) is 17.9. The molecule has 0 spiro atoms. The lowest BCUT2D eigenvalue weighted by Gasteiger charge is -2.32. The first-order valence-corrected chi connectivity index (χ1v) is 10.0. The third kappa shape index (κ3) is 4.71. The smallest absolute Gasteiger partial charge is 0.260 e. The Kier molecular flexibility index (Phi) is 6.95. The number of ether oxygens (including phenoxy) is 2. The predicted molar refractivity (Wildman–Crippen MR) is 115 cm³/mol. The Bertz CT molecular complexity index is 1020. The van der Waals surface area contributed by atoms with Crippen molar-refractivity contribution in [1.29, 1.82) is 5.26 Å². The fraction of sp³-hybridized carbons (Fsp3) is 0.391. The van der Waals surface area contributed by atoms with Crippen LogP contribution in [0.5, 0.6) is 11.5 Å². The average molecular weight is 428 g/mol. The first-order chi connectivity index (χ1) is 14.9. The van der Waals surface area contributed by atoms with Crippen molar-refractivity contribution in [2.45, 2.75) is 44.7 Å². The molecule has 1 aliphatic rings. The van der Waals surface area contributed by atoms with E-state index in [0.29, 0.717) is 47.0 Å². The van der Waals surface area contributed by atoms with Crippen molar-refractivity contribution >= 4 is 11.4 Å². The number of alkyl halides is 2. The standard InChI is InChI=1S/C23H26F2N4O2/c1-5-15(13-26)7-6-14(2)17-12-22-27-18(11-19(23(24)25)29(22)28-17)16-8-9-20(30-3)21(10-16)31-4/h5,8-10,12,18-19,23,27H,2,6-7,11H2,1,3-4H3/b15-5+. The van der Waals surface area contributed by atoms with E-state index in [1.807, 2.05) is 13.0 Å². The van der Waals surface area contributed by atoms with Gasteiger partial charge >= 0.3 is 0 Å². The summed E-state index contributed by atoms with van der Waals surface area (Å²) in [5, 5.41) is 16.8. The largest absolute Gasteiger partial charge is 0.493 e. The highest BCUT2D eigenvalue weighted by molar-refractivity contribution is 5.64. The second-order valence-corrected chi connectivity index (χ2v) is 7.34. The molecular weight excluding hydrogens is 402 g/mol. The first kappa shape index (κ1) is 22.3. The molecule has 0 aliphatic carbocycles. The first-order valence-electron chi connectivity index (χ1n) is 10.0. The van der Waals surface area contributed by atoms with Crippen LogP contribution >= 0.6 is 0 Å². The van der Waals surface area contributed by atoms with E-state index in [2.05, 4.69) is 23.1 Å². The number of methoxy groups -OCH3 is 2. The van der Waals surface area contributed by atoms with Crippen LogP contribution in [-0.4, -0.2) is 30.4 Å². The second-order valence-electron chi connectivity index (χ2n) is 7.34. The van der Waals surface area contributed by atoms with Gasteiger partial charge in [0.2, 0.25) is 0 Å². The summed E-state index contributed by atoms with van der Waals surface area (Å²) in [6.07, 6.45) is 0.423. The molecule has 0 saturated heterocycles.